The van der Waals surface area contributed by atoms with Crippen LogP contribution in [-0.4, -0.2) is 22.2 Å². The molecule has 1 aliphatic heterocycles. The number of amides is 3. The molecular weight excluding hydrogens is 344 g/mol. The molecule has 3 aromatic carbocycles. The van der Waals surface area contributed by atoms with E-state index in [1.54, 1.807) is 12.1 Å². The first-order valence-electron chi connectivity index (χ1n) is 8.25. The lowest BCUT2D eigenvalue weighted by molar-refractivity contribution is -0.122. The van der Waals surface area contributed by atoms with Gasteiger partial charge in [-0.2, -0.15) is 0 Å². The van der Waals surface area contributed by atoms with E-state index in [9.17, 15) is 9.59 Å². The highest BCUT2D eigenvalue weighted by atomic mass is 16.3. The second kappa shape index (κ2) is 7.61. The van der Waals surface area contributed by atoms with E-state index in [-0.39, 0.29) is 17.4 Å². The third-order valence-corrected chi connectivity index (χ3v) is 4.16. The summed E-state index contributed by atoms with van der Waals surface area (Å²) in [6, 6.07) is 24.1. The average Bonchev–Trinajstić information content (AvgIpc) is 3.01. The number of phenols is 2. The van der Waals surface area contributed by atoms with Crippen LogP contribution in [0.4, 0.5) is 4.79 Å². The quantitative estimate of drug-likeness (QED) is 0.416. The maximum atomic E-state index is 12.3. The SMILES string of the molecule is O=C1NC(=O)C(c2ccccc2)(c2ccccc2)N1.Oc1ccccc1O. The summed E-state index contributed by atoms with van der Waals surface area (Å²) in [7, 11) is 0. The van der Waals surface area contributed by atoms with Gasteiger partial charge in [-0.05, 0) is 23.3 Å². The largest absolute Gasteiger partial charge is 0.504 e. The summed E-state index contributed by atoms with van der Waals surface area (Å²) in [5.74, 6) is -0.505. The summed E-state index contributed by atoms with van der Waals surface area (Å²) in [6.45, 7) is 0. The molecule has 0 bridgehead atoms. The molecule has 0 atom stereocenters. The molecule has 4 rings (SSSR count). The molecule has 27 heavy (non-hydrogen) atoms. The summed E-state index contributed by atoms with van der Waals surface area (Å²) < 4.78 is 0. The van der Waals surface area contributed by atoms with Gasteiger partial charge in [0.05, 0.1) is 0 Å². The highest BCUT2D eigenvalue weighted by molar-refractivity contribution is 6.09. The molecule has 6 nitrogen and oxygen atoms in total. The number of aromatic hydroxyl groups is 2. The van der Waals surface area contributed by atoms with Crippen LogP contribution in [0.2, 0.25) is 0 Å². The van der Waals surface area contributed by atoms with Crippen molar-refractivity contribution in [2.75, 3.05) is 0 Å². The monoisotopic (exact) mass is 362 g/mol. The van der Waals surface area contributed by atoms with Crippen molar-refractivity contribution in [2.24, 2.45) is 0 Å². The normalized spacial score (nSPS) is 14.5. The first-order valence-corrected chi connectivity index (χ1v) is 8.25. The molecule has 3 aromatic rings. The van der Waals surface area contributed by atoms with Gasteiger partial charge >= 0.3 is 6.03 Å². The van der Waals surface area contributed by atoms with Crippen LogP contribution in [0, 0.1) is 0 Å². The Morgan fingerprint density at radius 3 is 1.37 bits per heavy atom. The van der Waals surface area contributed by atoms with Crippen molar-refractivity contribution in [1.29, 1.82) is 0 Å². The van der Waals surface area contributed by atoms with Crippen LogP contribution >= 0.6 is 0 Å². The molecule has 1 aliphatic rings. The second-order valence-electron chi connectivity index (χ2n) is 5.88. The van der Waals surface area contributed by atoms with Crippen LogP contribution in [0.3, 0.4) is 0 Å². The lowest BCUT2D eigenvalue weighted by Gasteiger charge is -2.27. The average molecular weight is 362 g/mol. The van der Waals surface area contributed by atoms with Crippen LogP contribution < -0.4 is 10.6 Å². The van der Waals surface area contributed by atoms with Crippen LogP contribution in [0.5, 0.6) is 11.5 Å². The number of benzene rings is 3. The van der Waals surface area contributed by atoms with Gasteiger partial charge < -0.3 is 15.5 Å². The Labute approximate surface area is 156 Å². The van der Waals surface area contributed by atoms with E-state index in [4.69, 9.17) is 10.2 Å². The Bertz CT molecular complexity index is 882. The van der Waals surface area contributed by atoms with Crippen molar-refractivity contribution in [2.45, 2.75) is 5.54 Å². The number of urea groups is 1. The second-order valence-corrected chi connectivity index (χ2v) is 5.88. The van der Waals surface area contributed by atoms with Gasteiger partial charge in [-0.15, -0.1) is 0 Å². The number of hydrogen-bond donors (Lipinski definition) is 4. The number of para-hydroxylation sites is 2. The number of nitrogens with one attached hydrogen (secondary N) is 2. The van der Waals surface area contributed by atoms with Gasteiger partial charge in [-0.3, -0.25) is 10.1 Å². The minimum atomic E-state index is -1.14. The summed E-state index contributed by atoms with van der Waals surface area (Å²) in [6.07, 6.45) is 0. The molecule has 0 spiro atoms. The lowest BCUT2D eigenvalue weighted by Crippen LogP contribution is -2.44. The first kappa shape index (κ1) is 18.0. The standard InChI is InChI=1S/C15H12N2O2.C6H6O2/c18-13-15(17-14(19)16-13,11-7-3-1-4-8-11)12-9-5-2-6-10-12;7-5-3-1-2-4-6(5)8/h1-10H,(H2,16,17,18,19);1-4,7-8H. The van der Waals surface area contributed by atoms with Crippen LogP contribution in [-0.2, 0) is 10.3 Å². The van der Waals surface area contributed by atoms with E-state index in [1.165, 1.54) is 12.1 Å². The molecule has 1 saturated heterocycles. The van der Waals surface area contributed by atoms with E-state index >= 15 is 0 Å². The number of imide groups is 1. The van der Waals surface area contributed by atoms with Gasteiger partial charge in [0.15, 0.2) is 17.0 Å². The Balaban J connectivity index is 0.000000221. The van der Waals surface area contributed by atoms with Gasteiger partial charge in [0.25, 0.3) is 5.91 Å². The molecule has 0 aliphatic carbocycles. The molecule has 136 valence electrons. The number of phenolic OH excluding ortho intramolecular Hbond substituents is 2. The van der Waals surface area contributed by atoms with Crippen molar-refractivity contribution in [1.82, 2.24) is 10.6 Å². The van der Waals surface area contributed by atoms with E-state index in [2.05, 4.69) is 10.6 Å². The van der Waals surface area contributed by atoms with Crippen LogP contribution in [0.15, 0.2) is 84.9 Å². The maximum absolute atomic E-state index is 12.3. The van der Waals surface area contributed by atoms with Gasteiger partial charge in [0.2, 0.25) is 0 Å². The molecule has 1 heterocycles. The first-order chi connectivity index (χ1) is 13.0. The van der Waals surface area contributed by atoms with E-state index in [1.807, 2.05) is 60.7 Å². The fourth-order valence-corrected chi connectivity index (χ4v) is 2.87. The molecule has 0 radical (unpaired) electrons. The molecule has 0 saturated carbocycles. The molecule has 6 heteroatoms. The molecule has 0 aromatic heterocycles. The lowest BCUT2D eigenvalue weighted by atomic mass is 9.83. The fourth-order valence-electron chi connectivity index (χ4n) is 2.87. The minimum absolute atomic E-state index is 0.0764. The highest BCUT2D eigenvalue weighted by Crippen LogP contribution is 2.32. The Hall–Kier alpha value is -3.80. The predicted octanol–water partition coefficient (Wildman–Crippen LogP) is 2.87. The number of hydrogen-bond acceptors (Lipinski definition) is 4. The van der Waals surface area contributed by atoms with Crippen molar-refractivity contribution in [3.8, 4) is 11.5 Å². The summed E-state index contributed by atoms with van der Waals surface area (Å²) in [4.78, 5) is 23.9. The molecule has 3 amide bonds. The zero-order valence-corrected chi connectivity index (χ0v) is 14.3. The Morgan fingerprint density at radius 2 is 1.04 bits per heavy atom. The Morgan fingerprint density at radius 1 is 0.630 bits per heavy atom. The van der Waals surface area contributed by atoms with E-state index < -0.39 is 11.6 Å². The number of carbonyl (C=O) groups is 2. The molecule has 4 N–H and O–H groups in total. The summed E-state index contributed by atoms with van der Waals surface area (Å²) >= 11 is 0. The number of carbonyl (C=O) groups excluding carboxylic acids is 2. The zero-order chi connectivity index (χ0) is 19.3. The summed E-state index contributed by atoms with van der Waals surface area (Å²) in [5.41, 5.74) is 0.341. The smallest absolute Gasteiger partial charge is 0.322 e. The maximum Gasteiger partial charge on any atom is 0.322 e. The van der Waals surface area contributed by atoms with Gasteiger partial charge in [-0.1, -0.05) is 72.8 Å². The number of rotatable bonds is 2. The van der Waals surface area contributed by atoms with Gasteiger partial charge in [0, 0.05) is 0 Å². The van der Waals surface area contributed by atoms with Crippen LogP contribution in [0.1, 0.15) is 11.1 Å². The fraction of sp³-hybridized carbons (Fsp3) is 0.0476. The topological polar surface area (TPSA) is 98.7 Å². The van der Waals surface area contributed by atoms with Gasteiger partial charge in [0.1, 0.15) is 0 Å². The van der Waals surface area contributed by atoms with Crippen LogP contribution in [0.25, 0.3) is 0 Å². The van der Waals surface area contributed by atoms with Crippen molar-refractivity contribution >= 4 is 11.9 Å². The summed E-state index contributed by atoms with van der Waals surface area (Å²) in [5, 5.41) is 22.4. The predicted molar refractivity (Wildman–Crippen MR) is 100 cm³/mol. The van der Waals surface area contributed by atoms with Crippen molar-refractivity contribution in [3.63, 3.8) is 0 Å². The van der Waals surface area contributed by atoms with E-state index in [0.717, 1.165) is 11.1 Å². The third kappa shape index (κ3) is 3.59. The molecular formula is C21H18N2O4. The third-order valence-electron chi connectivity index (χ3n) is 4.16. The molecule has 1 fully saturated rings. The Kier molecular flexibility index (Phi) is 5.08. The van der Waals surface area contributed by atoms with Crippen molar-refractivity contribution < 1.29 is 19.8 Å². The minimum Gasteiger partial charge on any atom is -0.504 e. The molecule has 0 unspecified atom stereocenters. The van der Waals surface area contributed by atoms with Gasteiger partial charge in [-0.25, -0.2) is 4.79 Å². The highest BCUT2D eigenvalue weighted by Gasteiger charge is 2.48. The van der Waals surface area contributed by atoms with E-state index in [0.29, 0.717) is 0 Å². The van der Waals surface area contributed by atoms with Crippen molar-refractivity contribution in [3.05, 3.63) is 96.1 Å². The zero-order valence-electron chi connectivity index (χ0n) is 14.3.